The third-order valence-electron chi connectivity index (χ3n) is 3.96. The summed E-state index contributed by atoms with van der Waals surface area (Å²) in [4.78, 5) is 11.9. The summed E-state index contributed by atoms with van der Waals surface area (Å²) in [6.07, 6.45) is 0. The van der Waals surface area contributed by atoms with Gasteiger partial charge in [-0.3, -0.25) is 0 Å². The topological polar surface area (TPSA) is 54.0 Å². The molecule has 3 aromatic carbocycles. The van der Waals surface area contributed by atoms with Crippen LogP contribution in [0, 0.1) is 0 Å². The minimum absolute atomic E-state index is 0.0796. The van der Waals surface area contributed by atoms with Gasteiger partial charge in [-0.15, -0.1) is 0 Å². The molecule has 1 aliphatic rings. The zero-order valence-electron chi connectivity index (χ0n) is 13.7. The number of carbonyl (C=O) groups excluding carboxylic acids is 1. The molecule has 0 aromatic heterocycles. The van der Waals surface area contributed by atoms with Crippen LogP contribution >= 0.6 is 11.6 Å². The van der Waals surface area contributed by atoms with Crippen LogP contribution in [0.4, 0.5) is 0 Å². The average molecular weight is 371 g/mol. The van der Waals surface area contributed by atoms with E-state index in [1.165, 1.54) is 0 Å². The van der Waals surface area contributed by atoms with Crippen LogP contribution < -0.4 is 14.2 Å². The first kappa shape index (κ1) is 16.5. The van der Waals surface area contributed by atoms with E-state index >= 15 is 0 Å². The highest BCUT2D eigenvalue weighted by atomic mass is 35.5. The summed E-state index contributed by atoms with van der Waals surface area (Å²) in [6.45, 7) is 0.0464. The third-order valence-corrected chi connectivity index (χ3v) is 4.25. The number of carbonyl (C=O) groups is 1. The molecule has 0 atom stereocenters. The lowest BCUT2D eigenvalue weighted by molar-refractivity contribution is -0.147. The Morgan fingerprint density at radius 1 is 1.04 bits per heavy atom. The van der Waals surface area contributed by atoms with Crippen LogP contribution in [0.25, 0.3) is 10.8 Å². The molecular formula is C20H15ClO5. The van der Waals surface area contributed by atoms with E-state index in [0.29, 0.717) is 22.3 Å². The van der Waals surface area contributed by atoms with Crippen molar-refractivity contribution in [2.45, 2.75) is 6.61 Å². The van der Waals surface area contributed by atoms with Crippen molar-refractivity contribution >= 4 is 28.3 Å². The molecule has 1 heterocycles. The van der Waals surface area contributed by atoms with E-state index in [9.17, 15) is 4.79 Å². The van der Waals surface area contributed by atoms with Crippen molar-refractivity contribution in [3.05, 3.63) is 65.2 Å². The molecule has 0 amide bonds. The van der Waals surface area contributed by atoms with Gasteiger partial charge in [-0.2, -0.15) is 0 Å². The smallest absolute Gasteiger partial charge is 0.344 e. The van der Waals surface area contributed by atoms with Crippen molar-refractivity contribution in [3.63, 3.8) is 0 Å². The van der Waals surface area contributed by atoms with E-state index in [4.69, 9.17) is 30.5 Å². The van der Waals surface area contributed by atoms with E-state index in [2.05, 4.69) is 0 Å². The molecule has 0 unspecified atom stereocenters. The Kier molecular flexibility index (Phi) is 4.54. The van der Waals surface area contributed by atoms with Crippen molar-refractivity contribution in [3.8, 4) is 17.2 Å². The fourth-order valence-electron chi connectivity index (χ4n) is 2.71. The molecule has 0 spiro atoms. The molecule has 3 aromatic rings. The van der Waals surface area contributed by atoms with Crippen molar-refractivity contribution in [2.75, 3.05) is 13.4 Å². The minimum Gasteiger partial charge on any atom is -0.482 e. The summed E-state index contributed by atoms with van der Waals surface area (Å²) < 4.78 is 21.3. The van der Waals surface area contributed by atoms with Gasteiger partial charge in [-0.05, 0) is 40.6 Å². The van der Waals surface area contributed by atoms with Crippen molar-refractivity contribution in [1.29, 1.82) is 0 Å². The first-order valence-corrected chi connectivity index (χ1v) is 8.42. The molecule has 0 saturated heterocycles. The van der Waals surface area contributed by atoms with Gasteiger partial charge in [0.05, 0.1) is 5.02 Å². The van der Waals surface area contributed by atoms with Gasteiger partial charge in [0.25, 0.3) is 0 Å². The number of benzene rings is 3. The van der Waals surface area contributed by atoms with Crippen LogP contribution in [0.5, 0.6) is 17.2 Å². The number of esters is 1. The normalized spacial score (nSPS) is 12.2. The van der Waals surface area contributed by atoms with Gasteiger partial charge >= 0.3 is 5.97 Å². The van der Waals surface area contributed by atoms with Crippen LogP contribution in [0.2, 0.25) is 5.02 Å². The van der Waals surface area contributed by atoms with Gasteiger partial charge in [-0.25, -0.2) is 4.79 Å². The number of hydrogen-bond donors (Lipinski definition) is 0. The summed E-state index contributed by atoms with van der Waals surface area (Å²) in [5.74, 6) is 1.22. The van der Waals surface area contributed by atoms with Gasteiger partial charge in [0, 0.05) is 0 Å². The van der Waals surface area contributed by atoms with Crippen LogP contribution in [-0.2, 0) is 16.1 Å². The third kappa shape index (κ3) is 3.53. The molecule has 26 heavy (non-hydrogen) atoms. The average Bonchev–Trinajstić information content (AvgIpc) is 3.14. The van der Waals surface area contributed by atoms with Crippen molar-refractivity contribution in [2.24, 2.45) is 0 Å². The van der Waals surface area contributed by atoms with E-state index in [1.54, 1.807) is 12.1 Å². The maximum Gasteiger partial charge on any atom is 0.344 e. The van der Waals surface area contributed by atoms with Gasteiger partial charge in [0.1, 0.15) is 12.4 Å². The molecule has 0 bridgehead atoms. The highest BCUT2D eigenvalue weighted by Crippen LogP contribution is 2.39. The zero-order valence-corrected chi connectivity index (χ0v) is 14.5. The lowest BCUT2D eigenvalue weighted by atomic mass is 10.1. The van der Waals surface area contributed by atoms with Crippen LogP contribution in [-0.4, -0.2) is 19.4 Å². The van der Waals surface area contributed by atoms with Gasteiger partial charge in [-0.1, -0.05) is 41.9 Å². The van der Waals surface area contributed by atoms with Crippen LogP contribution in [0.15, 0.2) is 54.6 Å². The number of halogens is 1. The Morgan fingerprint density at radius 2 is 1.88 bits per heavy atom. The maximum absolute atomic E-state index is 11.9. The summed E-state index contributed by atoms with van der Waals surface area (Å²) in [5.41, 5.74) is 0.721. The second-order valence-electron chi connectivity index (χ2n) is 5.77. The minimum atomic E-state index is -0.466. The Morgan fingerprint density at radius 3 is 2.77 bits per heavy atom. The molecule has 6 heteroatoms. The monoisotopic (exact) mass is 370 g/mol. The Bertz CT molecular complexity index is 970. The maximum atomic E-state index is 11.9. The standard InChI is InChI=1S/C20H15ClO5/c21-17-7-13(8-18-20(17)26-12-25-18)10-24-19(22)11-23-16-6-5-14-3-1-2-4-15(14)9-16/h1-9H,10-12H2. The first-order valence-electron chi connectivity index (χ1n) is 8.04. The molecule has 0 N–H and O–H groups in total. The predicted octanol–water partition coefficient (Wildman–Crippen LogP) is 4.34. The van der Waals surface area contributed by atoms with Crippen LogP contribution in [0.1, 0.15) is 5.56 Å². The van der Waals surface area contributed by atoms with Crippen molar-refractivity contribution < 1.29 is 23.7 Å². The zero-order chi connectivity index (χ0) is 17.9. The lowest BCUT2D eigenvalue weighted by Crippen LogP contribution is -2.14. The van der Waals surface area contributed by atoms with E-state index < -0.39 is 5.97 Å². The van der Waals surface area contributed by atoms with Crippen molar-refractivity contribution in [1.82, 2.24) is 0 Å². The highest BCUT2D eigenvalue weighted by molar-refractivity contribution is 6.32. The largest absolute Gasteiger partial charge is 0.482 e. The molecular weight excluding hydrogens is 356 g/mol. The molecule has 4 rings (SSSR count). The molecule has 0 fully saturated rings. The summed E-state index contributed by atoms with van der Waals surface area (Å²) in [5, 5.41) is 2.59. The Hall–Kier alpha value is -2.92. The number of rotatable bonds is 5. The number of fused-ring (bicyclic) bond motifs is 2. The second-order valence-corrected chi connectivity index (χ2v) is 6.18. The number of hydrogen-bond acceptors (Lipinski definition) is 5. The SMILES string of the molecule is O=C(COc1ccc2ccccc2c1)OCc1cc(Cl)c2c(c1)OCO2. The molecule has 0 aliphatic carbocycles. The molecule has 5 nitrogen and oxygen atoms in total. The molecule has 1 aliphatic heterocycles. The summed E-state index contributed by atoms with van der Waals surface area (Å²) in [7, 11) is 0. The Labute approximate surface area is 155 Å². The fourth-order valence-corrected chi connectivity index (χ4v) is 3.00. The fraction of sp³-hybridized carbons (Fsp3) is 0.150. The number of ether oxygens (including phenoxy) is 4. The van der Waals surface area contributed by atoms with Gasteiger partial charge in [0.15, 0.2) is 18.1 Å². The van der Waals surface area contributed by atoms with Gasteiger partial charge in [0.2, 0.25) is 6.79 Å². The first-order chi connectivity index (χ1) is 12.7. The quantitative estimate of drug-likeness (QED) is 0.625. The predicted molar refractivity (Wildman–Crippen MR) is 96.8 cm³/mol. The summed E-state index contributed by atoms with van der Waals surface area (Å²) in [6, 6.07) is 17.0. The Balaban J connectivity index is 1.33. The molecule has 0 radical (unpaired) electrons. The van der Waals surface area contributed by atoms with Crippen LogP contribution in [0.3, 0.4) is 0 Å². The molecule has 0 saturated carbocycles. The van der Waals surface area contributed by atoms with E-state index in [-0.39, 0.29) is 20.0 Å². The van der Waals surface area contributed by atoms with E-state index in [1.807, 2.05) is 42.5 Å². The lowest BCUT2D eigenvalue weighted by Gasteiger charge is -2.09. The highest BCUT2D eigenvalue weighted by Gasteiger charge is 2.18. The second kappa shape index (κ2) is 7.14. The summed E-state index contributed by atoms with van der Waals surface area (Å²) >= 11 is 6.11. The van der Waals surface area contributed by atoms with Gasteiger partial charge < -0.3 is 18.9 Å². The van der Waals surface area contributed by atoms with E-state index in [0.717, 1.165) is 16.3 Å². The molecule has 132 valence electrons.